The van der Waals surface area contributed by atoms with E-state index in [1.54, 1.807) is 12.2 Å². The molecule has 0 aliphatic carbocycles. The van der Waals surface area contributed by atoms with E-state index in [1.165, 1.54) is 12.1 Å². The van der Waals surface area contributed by atoms with Crippen molar-refractivity contribution in [2.75, 3.05) is 7.11 Å². The minimum absolute atomic E-state index is 0.238. The van der Waals surface area contributed by atoms with Crippen LogP contribution in [0.25, 0.3) is 0 Å². The highest BCUT2D eigenvalue weighted by atomic mass is 16.5. The molecule has 1 saturated heterocycles. The van der Waals surface area contributed by atoms with E-state index in [1.807, 2.05) is 0 Å². The number of nitrogens with zero attached hydrogens (tertiary/aromatic N) is 1. The molecule has 0 spiro atoms. The van der Waals surface area contributed by atoms with Crippen molar-refractivity contribution in [3.05, 3.63) is 12.2 Å². The van der Waals surface area contributed by atoms with Crippen LogP contribution in [0.15, 0.2) is 12.2 Å². The quantitative estimate of drug-likeness (QED) is 0.333. The third-order valence-corrected chi connectivity index (χ3v) is 2.84. The molecule has 2 aliphatic rings. The van der Waals surface area contributed by atoms with Gasteiger partial charge in [0.05, 0.1) is 12.1 Å². The van der Waals surface area contributed by atoms with Crippen LogP contribution in [0.1, 0.15) is 0 Å². The van der Waals surface area contributed by atoms with Gasteiger partial charge in [-0.25, -0.2) is 5.01 Å². The van der Waals surface area contributed by atoms with Crippen molar-refractivity contribution < 1.29 is 14.9 Å². The number of fused-ring (bicyclic) bond motifs is 2. The maximum absolute atomic E-state index is 9.74. The number of aliphatic hydroxyl groups excluding tert-OH is 2. The molecule has 4 atom stereocenters. The van der Waals surface area contributed by atoms with Gasteiger partial charge in [-0.15, -0.1) is 0 Å². The standard InChI is InChI=1S/C8H14N2O3/c1-13-8-6(11)4-2-3-5(7(8)12)10(4)9/h2-8,11-12H,9H2,1H3. The van der Waals surface area contributed by atoms with Crippen LogP contribution in [0, 0.1) is 0 Å². The fourth-order valence-electron chi connectivity index (χ4n) is 2.08. The molecular formula is C8H14N2O3. The summed E-state index contributed by atoms with van der Waals surface area (Å²) >= 11 is 0. The molecule has 0 saturated carbocycles. The van der Waals surface area contributed by atoms with Gasteiger partial charge in [0.1, 0.15) is 18.3 Å². The van der Waals surface area contributed by atoms with E-state index in [0.29, 0.717) is 0 Å². The van der Waals surface area contributed by atoms with Gasteiger partial charge in [0.2, 0.25) is 0 Å². The van der Waals surface area contributed by atoms with Crippen molar-refractivity contribution in [3.63, 3.8) is 0 Å². The minimum atomic E-state index is -0.764. The number of ether oxygens (including phenoxy) is 1. The van der Waals surface area contributed by atoms with Crippen LogP contribution in [0.3, 0.4) is 0 Å². The van der Waals surface area contributed by atoms with Gasteiger partial charge in [-0.3, -0.25) is 5.84 Å². The Morgan fingerprint density at radius 2 is 1.69 bits per heavy atom. The average Bonchev–Trinajstić information content (AvgIpc) is 2.41. The molecule has 2 bridgehead atoms. The summed E-state index contributed by atoms with van der Waals surface area (Å²) in [5.74, 6) is 5.68. The Hall–Kier alpha value is -0.460. The summed E-state index contributed by atoms with van der Waals surface area (Å²) in [6.07, 6.45) is 1.53. The van der Waals surface area contributed by atoms with Crippen molar-refractivity contribution in [2.45, 2.75) is 30.4 Å². The molecule has 0 radical (unpaired) electrons. The zero-order valence-electron chi connectivity index (χ0n) is 7.37. The van der Waals surface area contributed by atoms with Gasteiger partial charge < -0.3 is 14.9 Å². The molecule has 4 unspecified atom stereocenters. The highest BCUT2D eigenvalue weighted by Crippen LogP contribution is 2.29. The van der Waals surface area contributed by atoms with Crippen molar-refractivity contribution in [1.29, 1.82) is 0 Å². The highest BCUT2D eigenvalue weighted by Gasteiger charge is 2.48. The Morgan fingerprint density at radius 3 is 2.08 bits per heavy atom. The maximum Gasteiger partial charge on any atom is 0.113 e. The van der Waals surface area contributed by atoms with Crippen molar-refractivity contribution in [1.82, 2.24) is 5.01 Å². The van der Waals surface area contributed by atoms with E-state index in [9.17, 15) is 10.2 Å². The number of rotatable bonds is 1. The van der Waals surface area contributed by atoms with Gasteiger partial charge in [0.15, 0.2) is 0 Å². The zero-order valence-corrected chi connectivity index (χ0v) is 7.37. The minimum Gasteiger partial charge on any atom is -0.388 e. The lowest BCUT2D eigenvalue weighted by Crippen LogP contribution is -2.65. The summed E-state index contributed by atoms with van der Waals surface area (Å²) in [7, 11) is 1.47. The van der Waals surface area contributed by atoms with Crippen molar-refractivity contribution in [3.8, 4) is 0 Å². The molecule has 5 nitrogen and oxygen atoms in total. The predicted molar refractivity (Wildman–Crippen MR) is 45.6 cm³/mol. The number of hydrogen-bond donors (Lipinski definition) is 3. The van der Waals surface area contributed by atoms with Crippen molar-refractivity contribution in [2.24, 2.45) is 5.84 Å². The van der Waals surface area contributed by atoms with Gasteiger partial charge in [-0.05, 0) is 0 Å². The van der Waals surface area contributed by atoms with Gasteiger partial charge in [0.25, 0.3) is 0 Å². The zero-order chi connectivity index (χ0) is 9.59. The molecule has 4 N–H and O–H groups in total. The topological polar surface area (TPSA) is 79.0 Å². The van der Waals surface area contributed by atoms with Crippen LogP contribution in [-0.4, -0.2) is 52.7 Å². The van der Waals surface area contributed by atoms with Crippen LogP contribution >= 0.6 is 0 Å². The van der Waals surface area contributed by atoms with E-state index in [4.69, 9.17) is 10.6 Å². The summed E-state index contributed by atoms with van der Waals surface area (Å²) in [6.45, 7) is 0. The second kappa shape index (κ2) is 3.04. The van der Waals surface area contributed by atoms with E-state index in [0.717, 1.165) is 0 Å². The Morgan fingerprint density at radius 1 is 1.23 bits per heavy atom. The molecule has 5 heteroatoms. The molecule has 74 valence electrons. The predicted octanol–water partition coefficient (Wildman–Crippen LogP) is -1.78. The lowest BCUT2D eigenvalue weighted by Gasteiger charge is -2.42. The van der Waals surface area contributed by atoms with Gasteiger partial charge in [0, 0.05) is 7.11 Å². The van der Waals surface area contributed by atoms with Crippen LogP contribution < -0.4 is 5.84 Å². The van der Waals surface area contributed by atoms with Gasteiger partial charge in [-0.2, -0.15) is 0 Å². The van der Waals surface area contributed by atoms with E-state index in [2.05, 4.69) is 0 Å². The number of piperidine rings is 1. The number of hydrazine groups is 1. The molecule has 0 aromatic rings. The second-order valence-corrected chi connectivity index (χ2v) is 3.49. The second-order valence-electron chi connectivity index (χ2n) is 3.49. The maximum atomic E-state index is 9.74. The van der Waals surface area contributed by atoms with E-state index < -0.39 is 18.3 Å². The van der Waals surface area contributed by atoms with Crippen LogP contribution in [0.2, 0.25) is 0 Å². The summed E-state index contributed by atoms with van der Waals surface area (Å²) in [5.41, 5.74) is 0. The molecule has 13 heavy (non-hydrogen) atoms. The fourth-order valence-corrected chi connectivity index (χ4v) is 2.08. The summed E-state index contributed by atoms with van der Waals surface area (Å²) in [5, 5.41) is 20.9. The molecule has 2 heterocycles. The summed E-state index contributed by atoms with van der Waals surface area (Å²) < 4.78 is 5.02. The largest absolute Gasteiger partial charge is 0.388 e. The first-order chi connectivity index (χ1) is 6.16. The van der Waals surface area contributed by atoms with Crippen molar-refractivity contribution >= 4 is 0 Å². The Kier molecular flexibility index (Phi) is 2.13. The number of hydrogen-bond acceptors (Lipinski definition) is 5. The molecule has 0 aromatic carbocycles. The lowest BCUT2D eigenvalue weighted by atomic mass is 9.94. The molecule has 0 amide bonds. The van der Waals surface area contributed by atoms with Crippen LogP contribution in [-0.2, 0) is 4.74 Å². The Balaban J connectivity index is 2.25. The summed E-state index contributed by atoms with van der Waals surface area (Å²) in [6, 6.07) is -0.475. The monoisotopic (exact) mass is 186 g/mol. The lowest BCUT2D eigenvalue weighted by molar-refractivity contribution is -0.150. The van der Waals surface area contributed by atoms with Crippen LogP contribution in [0.4, 0.5) is 0 Å². The third kappa shape index (κ3) is 1.13. The molecule has 2 aliphatic heterocycles. The molecular weight excluding hydrogens is 172 g/mol. The number of methoxy groups -OCH3 is 1. The first kappa shape index (κ1) is 9.11. The summed E-state index contributed by atoms with van der Waals surface area (Å²) in [4.78, 5) is 0. The normalized spacial score (nSPS) is 50.0. The van der Waals surface area contributed by atoms with E-state index >= 15 is 0 Å². The number of aliphatic hydroxyl groups is 2. The SMILES string of the molecule is COC1C(O)C2C=CC(C1O)N2N. The first-order valence-electron chi connectivity index (χ1n) is 4.27. The van der Waals surface area contributed by atoms with Gasteiger partial charge in [-0.1, -0.05) is 12.2 Å². The van der Waals surface area contributed by atoms with Crippen LogP contribution in [0.5, 0.6) is 0 Å². The molecule has 0 aromatic heterocycles. The molecule has 2 rings (SSSR count). The Bertz CT molecular complexity index is 213. The Labute approximate surface area is 76.4 Å². The smallest absolute Gasteiger partial charge is 0.113 e. The fraction of sp³-hybridized carbons (Fsp3) is 0.750. The highest BCUT2D eigenvalue weighted by molar-refractivity contribution is 5.20. The third-order valence-electron chi connectivity index (χ3n) is 2.84. The number of nitrogens with two attached hydrogens (primary N) is 1. The average molecular weight is 186 g/mol. The molecule has 1 fully saturated rings. The van der Waals surface area contributed by atoms with E-state index in [-0.39, 0.29) is 12.1 Å². The van der Waals surface area contributed by atoms with Gasteiger partial charge >= 0.3 is 0 Å². The first-order valence-corrected chi connectivity index (χ1v) is 4.27.